The van der Waals surface area contributed by atoms with Crippen LogP contribution in [0.3, 0.4) is 0 Å². The Morgan fingerprint density at radius 3 is 2.30 bits per heavy atom. The third-order valence-electron chi connectivity index (χ3n) is 2.06. The second kappa shape index (κ2) is 7.54. The van der Waals surface area contributed by atoms with Crippen molar-refractivity contribution in [1.29, 1.82) is 0 Å². The van der Waals surface area contributed by atoms with Gasteiger partial charge in [0.2, 0.25) is 0 Å². The van der Waals surface area contributed by atoms with Gasteiger partial charge in [-0.25, -0.2) is 0 Å². The number of unbranched alkanes of at least 4 members (excludes halogenated alkanes) is 2. The molecule has 0 aromatic carbocycles. The van der Waals surface area contributed by atoms with E-state index >= 15 is 0 Å². The molecule has 0 rings (SSSR count). The van der Waals surface area contributed by atoms with Gasteiger partial charge < -0.3 is 0 Å². The van der Waals surface area contributed by atoms with Gasteiger partial charge in [0.1, 0.15) is 0 Å². The summed E-state index contributed by atoms with van der Waals surface area (Å²) in [5.74, 6) is 0. The lowest BCUT2D eigenvalue weighted by molar-refractivity contribution is 0.633. The van der Waals surface area contributed by atoms with Crippen LogP contribution in [-0.4, -0.2) is 12.3 Å². The van der Waals surface area contributed by atoms with Crippen molar-refractivity contribution in [3.8, 4) is 0 Å². The molecule has 0 aliphatic rings. The molecule has 0 bridgehead atoms. The first-order chi connectivity index (χ1) is 4.85. The normalized spacial score (nSPS) is 14.7. The largest absolute Gasteiger partial charge is 0.122 e. The van der Waals surface area contributed by atoms with Gasteiger partial charge in [-0.1, -0.05) is 33.1 Å². The van der Waals surface area contributed by atoms with Crippen molar-refractivity contribution in [3.05, 3.63) is 0 Å². The molecular weight excluding hydrogens is 139 g/mol. The Balaban J connectivity index is 3.09. The van der Waals surface area contributed by atoms with Crippen LogP contribution < -0.4 is 0 Å². The average Bonchev–Trinajstić information content (AvgIpc) is 1.99. The van der Waals surface area contributed by atoms with Crippen LogP contribution in [0.1, 0.15) is 46.0 Å². The monoisotopic (exact) mass is 160 g/mol. The summed E-state index contributed by atoms with van der Waals surface area (Å²) in [6.07, 6.45) is 7.11. The fourth-order valence-corrected chi connectivity index (χ4v) is 2.09. The summed E-state index contributed by atoms with van der Waals surface area (Å²) in [4.78, 5) is 0. The van der Waals surface area contributed by atoms with E-state index in [1.165, 1.54) is 32.1 Å². The van der Waals surface area contributed by atoms with Crippen LogP contribution in [0.5, 0.6) is 0 Å². The van der Waals surface area contributed by atoms with Gasteiger partial charge in [0, 0.05) is 0 Å². The van der Waals surface area contributed by atoms with E-state index in [4.69, 9.17) is 0 Å². The smallest absolute Gasteiger partial charge is 0.0242 e. The predicted molar refractivity (Wildman–Crippen MR) is 52.5 cm³/mol. The van der Waals surface area contributed by atoms with Crippen LogP contribution >= 0.6 is 8.58 Å². The van der Waals surface area contributed by atoms with E-state index in [1.807, 2.05) is 0 Å². The van der Waals surface area contributed by atoms with E-state index in [1.54, 1.807) is 0 Å². The van der Waals surface area contributed by atoms with Gasteiger partial charge in [-0.15, -0.1) is 8.58 Å². The van der Waals surface area contributed by atoms with Gasteiger partial charge in [-0.2, -0.15) is 0 Å². The maximum absolute atomic E-state index is 2.33. The molecule has 0 aliphatic heterocycles. The lowest BCUT2D eigenvalue weighted by Gasteiger charge is -2.10. The highest BCUT2D eigenvalue weighted by Crippen LogP contribution is 2.22. The zero-order chi connectivity index (χ0) is 7.82. The predicted octanol–water partition coefficient (Wildman–Crippen LogP) is 3.65. The lowest BCUT2D eigenvalue weighted by atomic mass is 10.1. The van der Waals surface area contributed by atoms with Gasteiger partial charge >= 0.3 is 0 Å². The fraction of sp³-hybridized carbons (Fsp3) is 1.00. The molecule has 2 unspecified atom stereocenters. The third-order valence-corrected chi connectivity index (χ3v) is 3.57. The zero-order valence-electron chi connectivity index (χ0n) is 7.61. The molecular formula is C9H21P. The number of hydrogen-bond acceptors (Lipinski definition) is 0. The molecule has 0 amide bonds. The Morgan fingerprint density at radius 2 is 1.90 bits per heavy atom. The van der Waals surface area contributed by atoms with E-state index in [0.717, 1.165) is 14.2 Å². The van der Waals surface area contributed by atoms with Gasteiger partial charge in [0.25, 0.3) is 0 Å². The lowest BCUT2D eigenvalue weighted by Crippen LogP contribution is -1.96. The van der Waals surface area contributed by atoms with Crippen molar-refractivity contribution >= 4 is 8.58 Å². The Bertz CT molecular complexity index is 57.7. The maximum atomic E-state index is 2.33. The maximum Gasteiger partial charge on any atom is -0.0242 e. The van der Waals surface area contributed by atoms with Gasteiger partial charge in [0.05, 0.1) is 0 Å². The standard InChI is InChI=1S/C9H21P/c1-4-6-7-8-9(5-2)10-3/h9-10H,4-8H2,1-3H3. The van der Waals surface area contributed by atoms with E-state index < -0.39 is 0 Å². The summed E-state index contributed by atoms with van der Waals surface area (Å²) < 4.78 is 0. The van der Waals surface area contributed by atoms with Crippen LogP contribution in [0.15, 0.2) is 0 Å². The van der Waals surface area contributed by atoms with Crippen LogP contribution in [0.2, 0.25) is 0 Å². The quantitative estimate of drug-likeness (QED) is 0.411. The SMILES string of the molecule is CCCCCC(CC)PC. The molecule has 62 valence electrons. The molecule has 0 aromatic rings. The summed E-state index contributed by atoms with van der Waals surface area (Å²) in [5, 5.41) is 0. The van der Waals surface area contributed by atoms with Crippen molar-refractivity contribution in [2.45, 2.75) is 51.6 Å². The Kier molecular flexibility index (Phi) is 7.86. The van der Waals surface area contributed by atoms with Gasteiger partial charge in [-0.3, -0.25) is 0 Å². The zero-order valence-corrected chi connectivity index (χ0v) is 8.61. The van der Waals surface area contributed by atoms with E-state index in [0.29, 0.717) is 0 Å². The first-order valence-electron chi connectivity index (χ1n) is 4.52. The van der Waals surface area contributed by atoms with Crippen LogP contribution in [-0.2, 0) is 0 Å². The molecule has 10 heavy (non-hydrogen) atoms. The van der Waals surface area contributed by atoms with Crippen LogP contribution in [0, 0.1) is 0 Å². The first kappa shape index (κ1) is 10.4. The second-order valence-corrected chi connectivity index (χ2v) is 4.28. The van der Waals surface area contributed by atoms with E-state index in [-0.39, 0.29) is 0 Å². The molecule has 0 aromatic heterocycles. The van der Waals surface area contributed by atoms with E-state index in [2.05, 4.69) is 20.5 Å². The second-order valence-electron chi connectivity index (χ2n) is 2.89. The number of hydrogen-bond donors (Lipinski definition) is 0. The Labute approximate surface area is 67.6 Å². The molecule has 0 nitrogen and oxygen atoms in total. The minimum atomic E-state index is 1.03. The molecule has 0 aliphatic carbocycles. The van der Waals surface area contributed by atoms with Gasteiger partial charge in [0.15, 0.2) is 0 Å². The van der Waals surface area contributed by atoms with Crippen LogP contribution in [0.4, 0.5) is 0 Å². The molecule has 0 fully saturated rings. The van der Waals surface area contributed by atoms with Crippen molar-refractivity contribution < 1.29 is 0 Å². The van der Waals surface area contributed by atoms with Crippen molar-refractivity contribution in [2.24, 2.45) is 0 Å². The highest BCUT2D eigenvalue weighted by Gasteiger charge is 2.00. The third kappa shape index (κ3) is 5.23. The highest BCUT2D eigenvalue weighted by atomic mass is 31.1. The van der Waals surface area contributed by atoms with Crippen molar-refractivity contribution in [1.82, 2.24) is 0 Å². The Morgan fingerprint density at radius 1 is 1.20 bits per heavy atom. The molecule has 0 radical (unpaired) electrons. The summed E-state index contributed by atoms with van der Waals surface area (Å²) in [7, 11) is 1.16. The first-order valence-corrected chi connectivity index (χ1v) is 6.10. The minimum Gasteiger partial charge on any atom is -0.122 e. The highest BCUT2D eigenvalue weighted by molar-refractivity contribution is 7.37. The van der Waals surface area contributed by atoms with Gasteiger partial charge in [-0.05, 0) is 25.2 Å². The summed E-state index contributed by atoms with van der Waals surface area (Å²) in [6.45, 7) is 6.92. The molecule has 0 heterocycles. The topological polar surface area (TPSA) is 0 Å². The summed E-state index contributed by atoms with van der Waals surface area (Å²) >= 11 is 0. The molecule has 0 saturated heterocycles. The number of rotatable bonds is 6. The average molecular weight is 160 g/mol. The fourth-order valence-electron chi connectivity index (χ4n) is 1.19. The molecule has 2 atom stereocenters. The van der Waals surface area contributed by atoms with Crippen molar-refractivity contribution in [3.63, 3.8) is 0 Å². The molecule has 0 spiro atoms. The molecule has 0 N–H and O–H groups in total. The minimum absolute atomic E-state index is 1.03. The van der Waals surface area contributed by atoms with Crippen molar-refractivity contribution in [2.75, 3.05) is 6.66 Å². The molecule has 1 heteroatoms. The molecule has 0 saturated carbocycles. The summed E-state index contributed by atoms with van der Waals surface area (Å²) in [6, 6.07) is 0. The van der Waals surface area contributed by atoms with E-state index in [9.17, 15) is 0 Å². The Hall–Kier alpha value is 0.430. The summed E-state index contributed by atoms with van der Waals surface area (Å²) in [5.41, 5.74) is 1.03. The van der Waals surface area contributed by atoms with Crippen LogP contribution in [0.25, 0.3) is 0 Å².